The normalized spacial score (nSPS) is 10.5. The lowest BCUT2D eigenvalue weighted by Crippen LogP contribution is -2.21. The number of hydrogen-bond donors (Lipinski definition) is 2. The summed E-state index contributed by atoms with van der Waals surface area (Å²) in [7, 11) is 6.16. The van der Waals surface area contributed by atoms with Gasteiger partial charge in [-0.2, -0.15) is 0 Å². The molecule has 0 unspecified atom stereocenters. The fourth-order valence-electron chi connectivity index (χ4n) is 3.85. The topological polar surface area (TPSA) is 98.8 Å². The van der Waals surface area contributed by atoms with Crippen molar-refractivity contribution in [1.82, 2.24) is 10.3 Å². The van der Waals surface area contributed by atoms with E-state index in [1.54, 1.807) is 49.5 Å². The summed E-state index contributed by atoms with van der Waals surface area (Å²) < 4.78 is 16.4. The first kappa shape index (κ1) is 23.6. The van der Waals surface area contributed by atoms with E-state index in [1.165, 1.54) is 21.3 Å². The lowest BCUT2D eigenvalue weighted by molar-refractivity contribution is 0.0964. The monoisotopic (exact) mass is 471 g/mol. The molecule has 2 N–H and O–H groups in total. The number of benzene rings is 3. The Hall–Kier alpha value is -4.59. The van der Waals surface area contributed by atoms with Gasteiger partial charge in [-0.25, -0.2) is 4.98 Å². The molecule has 0 spiro atoms. The molecule has 0 aliphatic carbocycles. The summed E-state index contributed by atoms with van der Waals surface area (Å²) in [4.78, 5) is 30.5. The molecule has 0 bridgehead atoms. The minimum absolute atomic E-state index is 0.293. The van der Waals surface area contributed by atoms with Crippen molar-refractivity contribution in [2.75, 3.05) is 33.7 Å². The van der Waals surface area contributed by atoms with Crippen molar-refractivity contribution in [2.24, 2.45) is 0 Å². The van der Waals surface area contributed by atoms with Crippen LogP contribution in [-0.2, 0) is 0 Å². The summed E-state index contributed by atoms with van der Waals surface area (Å²) in [5, 5.41) is 6.15. The average molecular weight is 472 g/mol. The third-order valence-corrected chi connectivity index (χ3v) is 5.57. The largest absolute Gasteiger partial charge is 0.493 e. The molecule has 0 aliphatic rings. The molecule has 0 fully saturated rings. The van der Waals surface area contributed by atoms with Crippen molar-refractivity contribution in [3.8, 4) is 28.5 Å². The zero-order valence-corrected chi connectivity index (χ0v) is 19.8. The van der Waals surface area contributed by atoms with Crippen LogP contribution in [0.15, 0.2) is 66.7 Å². The highest BCUT2D eigenvalue weighted by molar-refractivity contribution is 6.15. The van der Waals surface area contributed by atoms with Gasteiger partial charge in [-0.3, -0.25) is 9.59 Å². The van der Waals surface area contributed by atoms with Gasteiger partial charge in [0.05, 0.1) is 49.4 Å². The summed E-state index contributed by atoms with van der Waals surface area (Å²) in [5.74, 6) is 0.750. The van der Waals surface area contributed by atoms with Crippen LogP contribution in [0.5, 0.6) is 17.2 Å². The van der Waals surface area contributed by atoms with E-state index in [1.807, 2.05) is 24.3 Å². The number of anilines is 1. The number of rotatable bonds is 7. The van der Waals surface area contributed by atoms with Gasteiger partial charge in [-0.05, 0) is 36.4 Å². The molecule has 0 aliphatic heterocycles. The van der Waals surface area contributed by atoms with Crippen molar-refractivity contribution >= 4 is 28.4 Å². The Bertz CT molecular complexity index is 1390. The third kappa shape index (κ3) is 4.59. The van der Waals surface area contributed by atoms with E-state index in [0.29, 0.717) is 56.2 Å². The number of ether oxygens (including phenoxy) is 3. The van der Waals surface area contributed by atoms with Gasteiger partial charge in [-0.15, -0.1) is 0 Å². The van der Waals surface area contributed by atoms with Crippen LogP contribution in [0.3, 0.4) is 0 Å². The lowest BCUT2D eigenvalue weighted by atomic mass is 10.0. The predicted molar refractivity (Wildman–Crippen MR) is 135 cm³/mol. The maximum absolute atomic E-state index is 13.5. The first-order chi connectivity index (χ1) is 17.0. The maximum Gasteiger partial charge on any atom is 0.256 e. The van der Waals surface area contributed by atoms with Crippen LogP contribution >= 0.6 is 0 Å². The van der Waals surface area contributed by atoms with Crippen LogP contribution in [0.4, 0.5) is 5.69 Å². The summed E-state index contributed by atoms with van der Waals surface area (Å²) in [6, 6.07) is 19.5. The van der Waals surface area contributed by atoms with Crippen LogP contribution in [0.2, 0.25) is 0 Å². The molecule has 4 aromatic rings. The van der Waals surface area contributed by atoms with Crippen LogP contribution in [0.25, 0.3) is 22.2 Å². The Morgan fingerprint density at radius 2 is 1.43 bits per heavy atom. The lowest BCUT2D eigenvalue weighted by Gasteiger charge is -2.15. The van der Waals surface area contributed by atoms with Crippen molar-refractivity contribution in [1.29, 1.82) is 0 Å². The number of fused-ring (bicyclic) bond motifs is 1. The van der Waals surface area contributed by atoms with Gasteiger partial charge < -0.3 is 24.8 Å². The SMILES string of the molecule is CNC(=O)c1ccccc1NC(=O)c1cc(-c2cc(OC)c(OC)c(OC)c2)nc2ccccc12. The first-order valence-corrected chi connectivity index (χ1v) is 10.8. The molecule has 35 heavy (non-hydrogen) atoms. The Morgan fingerprint density at radius 1 is 0.771 bits per heavy atom. The van der Waals surface area contributed by atoms with Gasteiger partial charge in [0.15, 0.2) is 11.5 Å². The molecule has 8 nitrogen and oxygen atoms in total. The molecule has 3 aromatic carbocycles. The van der Waals surface area contributed by atoms with Crippen LogP contribution < -0.4 is 24.8 Å². The highest BCUT2D eigenvalue weighted by Crippen LogP contribution is 2.41. The Morgan fingerprint density at radius 3 is 2.09 bits per heavy atom. The predicted octanol–water partition coefficient (Wildman–Crippen LogP) is 4.54. The van der Waals surface area contributed by atoms with E-state index in [2.05, 4.69) is 10.6 Å². The zero-order chi connectivity index (χ0) is 24.9. The molecule has 0 radical (unpaired) electrons. The van der Waals surface area contributed by atoms with Crippen molar-refractivity contribution in [3.05, 3.63) is 77.9 Å². The number of para-hydroxylation sites is 2. The number of nitrogens with zero attached hydrogens (tertiary/aromatic N) is 1. The summed E-state index contributed by atoms with van der Waals surface area (Å²) in [6.45, 7) is 0. The molecule has 4 rings (SSSR count). The molecule has 0 saturated carbocycles. The Balaban J connectivity index is 1.84. The highest BCUT2D eigenvalue weighted by atomic mass is 16.5. The van der Waals surface area contributed by atoms with Gasteiger partial charge in [0.25, 0.3) is 11.8 Å². The fraction of sp³-hybridized carbons (Fsp3) is 0.148. The molecular formula is C27H25N3O5. The molecule has 0 atom stereocenters. The number of amides is 2. The van der Waals surface area contributed by atoms with Crippen molar-refractivity contribution < 1.29 is 23.8 Å². The average Bonchev–Trinajstić information content (AvgIpc) is 2.91. The summed E-state index contributed by atoms with van der Waals surface area (Å²) in [5.41, 5.74) is 3.06. The fourth-order valence-corrected chi connectivity index (χ4v) is 3.85. The molecule has 8 heteroatoms. The standard InChI is InChI=1S/C27H25N3O5/c1-28-26(31)18-10-6-8-12-21(18)30-27(32)19-15-22(29-20-11-7-5-9-17(19)20)16-13-23(33-2)25(35-4)24(14-16)34-3/h5-15H,1-4H3,(H,28,31)(H,30,32). The molecule has 1 heterocycles. The number of nitrogens with one attached hydrogen (secondary N) is 2. The minimum Gasteiger partial charge on any atom is -0.493 e. The summed E-state index contributed by atoms with van der Waals surface area (Å²) >= 11 is 0. The molecule has 1 aromatic heterocycles. The van der Waals surface area contributed by atoms with Gasteiger partial charge in [0.2, 0.25) is 5.75 Å². The molecule has 178 valence electrons. The maximum atomic E-state index is 13.5. The number of carbonyl (C=O) groups is 2. The van der Waals surface area contributed by atoms with Crippen molar-refractivity contribution in [2.45, 2.75) is 0 Å². The number of aromatic nitrogens is 1. The van der Waals surface area contributed by atoms with Crippen LogP contribution in [-0.4, -0.2) is 45.2 Å². The molecule has 2 amide bonds. The van der Waals surface area contributed by atoms with Crippen LogP contribution in [0, 0.1) is 0 Å². The second-order valence-corrected chi connectivity index (χ2v) is 7.57. The Kier molecular flexibility index (Phi) is 6.82. The van der Waals surface area contributed by atoms with Gasteiger partial charge in [-0.1, -0.05) is 30.3 Å². The van der Waals surface area contributed by atoms with Gasteiger partial charge in [0, 0.05) is 18.0 Å². The van der Waals surface area contributed by atoms with Gasteiger partial charge in [0.1, 0.15) is 0 Å². The van der Waals surface area contributed by atoms with E-state index in [0.717, 1.165) is 0 Å². The molecule has 0 saturated heterocycles. The smallest absolute Gasteiger partial charge is 0.256 e. The summed E-state index contributed by atoms with van der Waals surface area (Å²) in [6.07, 6.45) is 0. The second-order valence-electron chi connectivity index (χ2n) is 7.57. The first-order valence-electron chi connectivity index (χ1n) is 10.8. The van der Waals surface area contributed by atoms with E-state index < -0.39 is 0 Å². The molecular weight excluding hydrogens is 446 g/mol. The highest BCUT2D eigenvalue weighted by Gasteiger charge is 2.19. The van der Waals surface area contributed by atoms with E-state index in [9.17, 15) is 9.59 Å². The Labute approximate surface area is 202 Å². The van der Waals surface area contributed by atoms with E-state index in [4.69, 9.17) is 19.2 Å². The zero-order valence-electron chi connectivity index (χ0n) is 19.8. The number of pyridine rings is 1. The van der Waals surface area contributed by atoms with Crippen molar-refractivity contribution in [3.63, 3.8) is 0 Å². The number of carbonyl (C=O) groups excluding carboxylic acids is 2. The van der Waals surface area contributed by atoms with Gasteiger partial charge >= 0.3 is 0 Å². The quantitative estimate of drug-likeness (QED) is 0.411. The van der Waals surface area contributed by atoms with E-state index in [-0.39, 0.29) is 11.8 Å². The van der Waals surface area contributed by atoms with E-state index >= 15 is 0 Å². The van der Waals surface area contributed by atoms with Crippen LogP contribution in [0.1, 0.15) is 20.7 Å². The number of methoxy groups -OCH3 is 3. The minimum atomic E-state index is -0.367. The number of hydrogen-bond acceptors (Lipinski definition) is 6. The third-order valence-electron chi connectivity index (χ3n) is 5.57. The second kappa shape index (κ2) is 10.1.